The summed E-state index contributed by atoms with van der Waals surface area (Å²) >= 11 is 0. The number of hydrogen-bond acceptors (Lipinski definition) is 4. The normalized spacial score (nSPS) is 10.5. The van der Waals surface area contributed by atoms with Gasteiger partial charge in [-0.25, -0.2) is 4.79 Å². The van der Waals surface area contributed by atoms with E-state index in [-0.39, 0.29) is 12.1 Å². The average molecular weight is 372 g/mol. The third kappa shape index (κ3) is 19.1. The summed E-state index contributed by atoms with van der Waals surface area (Å²) in [7, 11) is 0. The minimum Gasteiger partial charge on any atom is -0.466 e. The lowest BCUT2D eigenvalue weighted by Gasteiger charge is -2.06. The Kier molecular flexibility index (Phi) is 19.1. The van der Waals surface area contributed by atoms with Crippen molar-refractivity contribution in [3.63, 3.8) is 0 Å². The standard InChI is InChI=1S/C21H41NO4/c1-3-5-18-25-20(23)16-14-12-10-8-7-9-11-13-15-17-22-21(24)26-19-6-4-2/h3-19H2,1-2H3,(H,22,24). The van der Waals surface area contributed by atoms with E-state index in [1.807, 2.05) is 0 Å². The van der Waals surface area contributed by atoms with Crippen molar-refractivity contribution < 1.29 is 19.1 Å². The number of carbonyl (C=O) groups excluding carboxylic acids is 2. The Morgan fingerprint density at radius 1 is 0.654 bits per heavy atom. The molecule has 0 aliphatic rings. The smallest absolute Gasteiger partial charge is 0.407 e. The van der Waals surface area contributed by atoms with E-state index in [2.05, 4.69) is 19.2 Å². The molecule has 0 saturated carbocycles. The maximum Gasteiger partial charge on any atom is 0.407 e. The Hall–Kier alpha value is -1.26. The van der Waals surface area contributed by atoms with Gasteiger partial charge in [0.1, 0.15) is 0 Å². The van der Waals surface area contributed by atoms with E-state index < -0.39 is 0 Å². The Labute approximate surface area is 160 Å². The number of unbranched alkanes of at least 4 members (excludes halogenated alkanes) is 10. The summed E-state index contributed by atoms with van der Waals surface area (Å²) in [5.74, 6) is -0.0405. The highest BCUT2D eigenvalue weighted by molar-refractivity contribution is 5.69. The van der Waals surface area contributed by atoms with E-state index in [0.29, 0.717) is 26.2 Å². The Morgan fingerprint density at radius 2 is 1.15 bits per heavy atom. The fourth-order valence-corrected chi connectivity index (χ4v) is 2.58. The molecule has 0 aromatic rings. The number of hydrogen-bond donors (Lipinski definition) is 1. The molecule has 0 unspecified atom stereocenters. The van der Waals surface area contributed by atoms with Crippen LogP contribution in [0.4, 0.5) is 4.79 Å². The quantitative estimate of drug-likeness (QED) is 0.246. The molecule has 0 radical (unpaired) electrons. The molecule has 154 valence electrons. The largest absolute Gasteiger partial charge is 0.466 e. The minimum absolute atomic E-state index is 0.0405. The van der Waals surface area contributed by atoms with Crippen LogP contribution < -0.4 is 5.32 Å². The molecule has 26 heavy (non-hydrogen) atoms. The topological polar surface area (TPSA) is 64.6 Å². The molecule has 0 aromatic heterocycles. The molecule has 5 nitrogen and oxygen atoms in total. The van der Waals surface area contributed by atoms with Crippen LogP contribution in [-0.4, -0.2) is 31.8 Å². The molecule has 0 heterocycles. The van der Waals surface area contributed by atoms with Crippen molar-refractivity contribution in [2.45, 2.75) is 104 Å². The minimum atomic E-state index is -0.285. The van der Waals surface area contributed by atoms with Crippen LogP contribution in [-0.2, 0) is 14.3 Å². The monoisotopic (exact) mass is 371 g/mol. The van der Waals surface area contributed by atoms with Gasteiger partial charge in [-0.15, -0.1) is 0 Å². The molecule has 0 fully saturated rings. The van der Waals surface area contributed by atoms with Crippen LogP contribution >= 0.6 is 0 Å². The molecular weight excluding hydrogens is 330 g/mol. The Morgan fingerprint density at radius 3 is 1.73 bits per heavy atom. The fraction of sp³-hybridized carbons (Fsp3) is 0.905. The molecule has 0 aliphatic heterocycles. The summed E-state index contributed by atoms with van der Waals surface area (Å²) in [6, 6.07) is 0. The molecule has 0 aromatic carbocycles. The van der Waals surface area contributed by atoms with Gasteiger partial charge in [-0.05, 0) is 25.7 Å². The van der Waals surface area contributed by atoms with Crippen molar-refractivity contribution in [3.8, 4) is 0 Å². The van der Waals surface area contributed by atoms with Gasteiger partial charge in [-0.1, -0.05) is 71.6 Å². The van der Waals surface area contributed by atoms with Crippen LogP contribution in [0.25, 0.3) is 0 Å². The van der Waals surface area contributed by atoms with Gasteiger partial charge in [0.15, 0.2) is 0 Å². The third-order valence-electron chi connectivity index (χ3n) is 4.32. The first-order valence-electron chi connectivity index (χ1n) is 10.8. The second kappa shape index (κ2) is 20.1. The SMILES string of the molecule is CCCCOC(=O)CCCCCCCCCCCNC(=O)OCCCC. The van der Waals surface area contributed by atoms with Crippen molar-refractivity contribution >= 4 is 12.1 Å². The van der Waals surface area contributed by atoms with Gasteiger partial charge in [0.25, 0.3) is 0 Å². The van der Waals surface area contributed by atoms with E-state index in [0.717, 1.165) is 51.4 Å². The van der Waals surface area contributed by atoms with Crippen LogP contribution in [0, 0.1) is 0 Å². The van der Waals surface area contributed by atoms with Crippen molar-refractivity contribution in [2.75, 3.05) is 19.8 Å². The lowest BCUT2D eigenvalue weighted by molar-refractivity contribution is -0.143. The summed E-state index contributed by atoms with van der Waals surface area (Å²) in [5, 5.41) is 2.79. The first-order chi connectivity index (χ1) is 12.7. The van der Waals surface area contributed by atoms with Crippen LogP contribution in [0.5, 0.6) is 0 Å². The molecule has 5 heteroatoms. The third-order valence-corrected chi connectivity index (χ3v) is 4.32. The van der Waals surface area contributed by atoms with Gasteiger partial charge in [0, 0.05) is 13.0 Å². The van der Waals surface area contributed by atoms with E-state index in [1.54, 1.807) is 0 Å². The van der Waals surface area contributed by atoms with Crippen LogP contribution in [0.2, 0.25) is 0 Å². The molecule has 0 bridgehead atoms. The zero-order valence-corrected chi connectivity index (χ0v) is 17.2. The highest BCUT2D eigenvalue weighted by Gasteiger charge is 2.02. The second-order valence-electron chi connectivity index (χ2n) is 6.92. The maximum absolute atomic E-state index is 11.4. The second-order valence-corrected chi connectivity index (χ2v) is 6.92. The van der Waals surface area contributed by atoms with Gasteiger partial charge in [-0.3, -0.25) is 4.79 Å². The van der Waals surface area contributed by atoms with Crippen molar-refractivity contribution in [3.05, 3.63) is 0 Å². The lowest BCUT2D eigenvalue weighted by atomic mass is 10.1. The summed E-state index contributed by atoms with van der Waals surface area (Å²) in [6.07, 6.45) is 14.7. The lowest BCUT2D eigenvalue weighted by Crippen LogP contribution is -2.25. The maximum atomic E-state index is 11.4. The first-order valence-corrected chi connectivity index (χ1v) is 10.8. The first kappa shape index (κ1) is 24.7. The molecule has 0 atom stereocenters. The number of alkyl carbamates (subject to hydrolysis) is 1. The van der Waals surface area contributed by atoms with Crippen molar-refractivity contribution in [1.29, 1.82) is 0 Å². The predicted molar refractivity (Wildman–Crippen MR) is 106 cm³/mol. The van der Waals surface area contributed by atoms with Gasteiger partial charge in [0.05, 0.1) is 13.2 Å². The molecule has 0 rings (SSSR count). The van der Waals surface area contributed by atoms with E-state index in [9.17, 15) is 9.59 Å². The van der Waals surface area contributed by atoms with Gasteiger partial charge >= 0.3 is 12.1 Å². The Balaban J connectivity index is 3.17. The molecule has 1 N–H and O–H groups in total. The molecular formula is C21H41NO4. The highest BCUT2D eigenvalue weighted by Crippen LogP contribution is 2.11. The zero-order chi connectivity index (χ0) is 19.3. The zero-order valence-electron chi connectivity index (χ0n) is 17.2. The van der Waals surface area contributed by atoms with Crippen LogP contribution in [0.3, 0.4) is 0 Å². The molecule has 0 saturated heterocycles. The van der Waals surface area contributed by atoms with E-state index >= 15 is 0 Å². The van der Waals surface area contributed by atoms with Gasteiger partial charge in [0.2, 0.25) is 0 Å². The summed E-state index contributed by atoms with van der Waals surface area (Å²) < 4.78 is 10.2. The van der Waals surface area contributed by atoms with Crippen LogP contribution in [0.15, 0.2) is 0 Å². The van der Waals surface area contributed by atoms with E-state index in [1.165, 1.54) is 32.1 Å². The van der Waals surface area contributed by atoms with Gasteiger partial charge in [-0.2, -0.15) is 0 Å². The number of esters is 1. The van der Waals surface area contributed by atoms with E-state index in [4.69, 9.17) is 9.47 Å². The van der Waals surface area contributed by atoms with Crippen molar-refractivity contribution in [2.24, 2.45) is 0 Å². The number of amides is 1. The number of nitrogens with one attached hydrogen (secondary N) is 1. The summed E-state index contributed by atoms with van der Waals surface area (Å²) in [6.45, 7) is 5.97. The number of carbonyl (C=O) groups is 2. The Bertz CT molecular complexity index is 302. The number of rotatable bonds is 18. The molecule has 1 amide bonds. The van der Waals surface area contributed by atoms with Crippen molar-refractivity contribution in [1.82, 2.24) is 5.32 Å². The predicted octanol–water partition coefficient (Wildman–Crippen LogP) is 5.76. The average Bonchev–Trinajstić information content (AvgIpc) is 2.63. The number of ether oxygens (including phenoxy) is 2. The molecule has 0 aliphatic carbocycles. The van der Waals surface area contributed by atoms with Crippen LogP contribution in [0.1, 0.15) is 104 Å². The summed E-state index contributed by atoms with van der Waals surface area (Å²) in [5.41, 5.74) is 0. The fourth-order valence-electron chi connectivity index (χ4n) is 2.58. The summed E-state index contributed by atoms with van der Waals surface area (Å²) in [4.78, 5) is 22.8. The highest BCUT2D eigenvalue weighted by atomic mass is 16.5. The molecule has 0 spiro atoms. The van der Waals surface area contributed by atoms with Gasteiger partial charge < -0.3 is 14.8 Å².